The summed E-state index contributed by atoms with van der Waals surface area (Å²) in [6.45, 7) is 1.93. The molecule has 0 saturated carbocycles. The molecule has 16 heavy (non-hydrogen) atoms. The summed E-state index contributed by atoms with van der Waals surface area (Å²) in [5.41, 5.74) is 0.410. The van der Waals surface area contributed by atoms with Gasteiger partial charge in [-0.25, -0.2) is 0 Å². The first kappa shape index (κ1) is 12.3. The molecule has 86 valence electrons. The summed E-state index contributed by atoms with van der Waals surface area (Å²) in [4.78, 5) is 13.5. The van der Waals surface area contributed by atoms with E-state index in [2.05, 4.69) is 10.3 Å². The summed E-state index contributed by atoms with van der Waals surface area (Å²) in [6.07, 6.45) is 3.91. The molecule has 5 heteroatoms. The third kappa shape index (κ3) is 4.63. The summed E-state index contributed by atoms with van der Waals surface area (Å²) < 4.78 is 25.3. The number of hydrogen-bond donors (Lipinski definition) is 1. The van der Waals surface area contributed by atoms with E-state index in [9.17, 15) is 13.6 Å². The largest absolute Gasteiger partial charge is 0.356 e. The van der Waals surface area contributed by atoms with E-state index in [0.717, 1.165) is 12.1 Å². The van der Waals surface area contributed by atoms with E-state index >= 15 is 0 Å². The molecule has 3 nitrogen and oxygen atoms in total. The van der Waals surface area contributed by atoms with Crippen LogP contribution in [0.2, 0.25) is 0 Å². The second kappa shape index (κ2) is 5.95. The Morgan fingerprint density at radius 2 is 2.06 bits per heavy atom. The summed E-state index contributed by atoms with van der Waals surface area (Å²) >= 11 is 0. The van der Waals surface area contributed by atoms with Crippen molar-refractivity contribution in [1.82, 2.24) is 10.3 Å². The minimum Gasteiger partial charge on any atom is -0.356 e. The monoisotopic (exact) mass is 226 g/mol. The van der Waals surface area contributed by atoms with E-state index in [1.165, 1.54) is 6.92 Å². The maximum atomic E-state index is 12.7. The van der Waals surface area contributed by atoms with Gasteiger partial charge in [0.05, 0.1) is 0 Å². The van der Waals surface area contributed by atoms with Crippen molar-refractivity contribution >= 4 is 12.0 Å². The maximum Gasteiger partial charge on any atom is 0.216 e. The van der Waals surface area contributed by atoms with Gasteiger partial charge in [0.15, 0.2) is 0 Å². The second-order valence-corrected chi connectivity index (χ2v) is 3.22. The highest BCUT2D eigenvalue weighted by Gasteiger charge is 1.98. The summed E-state index contributed by atoms with van der Waals surface area (Å²) in [5, 5.41) is 2.60. The van der Waals surface area contributed by atoms with Crippen LogP contribution in [0, 0.1) is 11.9 Å². The predicted molar refractivity (Wildman–Crippen MR) is 56.5 cm³/mol. The fourth-order valence-corrected chi connectivity index (χ4v) is 1.13. The predicted octanol–water partition coefficient (Wildman–Crippen LogP) is 1.90. The van der Waals surface area contributed by atoms with E-state index in [1.807, 2.05) is 0 Å². The summed E-state index contributed by atoms with van der Waals surface area (Å²) in [6, 6.07) is 2.27. The van der Waals surface area contributed by atoms with Crippen molar-refractivity contribution in [1.29, 1.82) is 0 Å². The van der Waals surface area contributed by atoms with Crippen LogP contribution in [0.25, 0.3) is 6.08 Å². The van der Waals surface area contributed by atoms with Crippen molar-refractivity contribution in [3.63, 3.8) is 0 Å². The second-order valence-electron chi connectivity index (χ2n) is 3.22. The zero-order valence-electron chi connectivity index (χ0n) is 8.84. The van der Waals surface area contributed by atoms with Crippen molar-refractivity contribution in [3.05, 3.63) is 35.7 Å². The van der Waals surface area contributed by atoms with Gasteiger partial charge in [-0.3, -0.25) is 4.79 Å². The van der Waals surface area contributed by atoms with Crippen LogP contribution in [0.5, 0.6) is 0 Å². The lowest BCUT2D eigenvalue weighted by Gasteiger charge is -1.97. The molecule has 0 fully saturated rings. The zero-order chi connectivity index (χ0) is 12.0. The molecule has 0 radical (unpaired) electrons. The zero-order valence-corrected chi connectivity index (χ0v) is 8.84. The van der Waals surface area contributed by atoms with Crippen molar-refractivity contribution in [2.24, 2.45) is 0 Å². The van der Waals surface area contributed by atoms with Gasteiger partial charge in [-0.1, -0.05) is 12.2 Å². The standard InChI is InChI=1S/C11H12F2N2O/c1-8(16)14-5-3-2-4-9-6-10(12)15-11(13)7-9/h2,4,6-7H,3,5H2,1H3,(H,14,16). The lowest BCUT2D eigenvalue weighted by atomic mass is 10.2. The average molecular weight is 226 g/mol. The Labute approximate surface area is 92.2 Å². The van der Waals surface area contributed by atoms with Gasteiger partial charge in [0.1, 0.15) is 0 Å². The SMILES string of the molecule is CC(=O)NCCC=Cc1cc(F)nc(F)c1. The Balaban J connectivity index is 2.46. The Morgan fingerprint density at radius 3 is 2.62 bits per heavy atom. The number of hydrogen-bond acceptors (Lipinski definition) is 2. The highest BCUT2D eigenvalue weighted by molar-refractivity contribution is 5.72. The molecule has 1 heterocycles. The van der Waals surface area contributed by atoms with Crippen LogP contribution in [0.3, 0.4) is 0 Å². The van der Waals surface area contributed by atoms with E-state index in [1.54, 1.807) is 12.2 Å². The van der Waals surface area contributed by atoms with Crippen molar-refractivity contribution in [2.75, 3.05) is 6.54 Å². The summed E-state index contributed by atoms with van der Waals surface area (Å²) in [7, 11) is 0. The van der Waals surface area contributed by atoms with Crippen LogP contribution in [0.1, 0.15) is 18.9 Å². The molecule has 1 aromatic rings. The summed E-state index contributed by atoms with van der Waals surface area (Å²) in [5.74, 6) is -1.79. The van der Waals surface area contributed by atoms with Crippen LogP contribution in [-0.4, -0.2) is 17.4 Å². The topological polar surface area (TPSA) is 42.0 Å². The maximum absolute atomic E-state index is 12.7. The molecular formula is C11H12F2N2O. The Kier molecular flexibility index (Phi) is 4.57. The molecule has 0 bridgehead atoms. The molecule has 0 saturated heterocycles. The van der Waals surface area contributed by atoms with Gasteiger partial charge in [0.25, 0.3) is 0 Å². The molecule has 1 aromatic heterocycles. The van der Waals surface area contributed by atoms with Crippen molar-refractivity contribution in [2.45, 2.75) is 13.3 Å². The van der Waals surface area contributed by atoms with Gasteiger partial charge >= 0.3 is 0 Å². The molecular weight excluding hydrogens is 214 g/mol. The first-order chi connectivity index (χ1) is 7.58. The molecule has 0 aliphatic rings. The number of nitrogens with zero attached hydrogens (tertiary/aromatic N) is 1. The minimum absolute atomic E-state index is 0.102. The lowest BCUT2D eigenvalue weighted by molar-refractivity contribution is -0.118. The van der Waals surface area contributed by atoms with Crippen LogP contribution in [0.4, 0.5) is 8.78 Å². The highest BCUT2D eigenvalue weighted by Crippen LogP contribution is 2.06. The van der Waals surface area contributed by atoms with Gasteiger partial charge in [-0.15, -0.1) is 0 Å². The number of pyridine rings is 1. The number of carbonyl (C=O) groups is 1. The lowest BCUT2D eigenvalue weighted by Crippen LogP contribution is -2.20. The molecule has 1 amide bonds. The Bertz CT molecular complexity index is 385. The molecule has 0 unspecified atom stereocenters. The molecule has 1 rings (SSSR count). The number of amides is 1. The van der Waals surface area contributed by atoms with E-state index in [4.69, 9.17) is 0 Å². The first-order valence-corrected chi connectivity index (χ1v) is 4.82. The molecule has 0 aromatic carbocycles. The number of rotatable bonds is 4. The number of carbonyl (C=O) groups excluding carboxylic acids is 1. The minimum atomic E-state index is -0.846. The Hall–Kier alpha value is -1.78. The third-order valence-electron chi connectivity index (χ3n) is 1.78. The number of nitrogens with one attached hydrogen (secondary N) is 1. The first-order valence-electron chi connectivity index (χ1n) is 4.82. The molecule has 0 aliphatic heterocycles. The molecule has 0 atom stereocenters. The van der Waals surface area contributed by atoms with Crippen LogP contribution >= 0.6 is 0 Å². The van der Waals surface area contributed by atoms with Gasteiger partial charge in [0, 0.05) is 25.6 Å². The smallest absolute Gasteiger partial charge is 0.216 e. The van der Waals surface area contributed by atoms with Crippen LogP contribution in [-0.2, 0) is 4.79 Å². The highest BCUT2D eigenvalue weighted by atomic mass is 19.1. The van der Waals surface area contributed by atoms with Gasteiger partial charge in [-0.2, -0.15) is 13.8 Å². The van der Waals surface area contributed by atoms with E-state index in [0.29, 0.717) is 18.5 Å². The van der Waals surface area contributed by atoms with Crippen LogP contribution < -0.4 is 5.32 Å². The fraction of sp³-hybridized carbons (Fsp3) is 0.273. The average Bonchev–Trinajstić information content (AvgIpc) is 2.15. The van der Waals surface area contributed by atoms with Crippen LogP contribution in [0.15, 0.2) is 18.2 Å². The van der Waals surface area contributed by atoms with Gasteiger partial charge in [-0.05, 0) is 12.0 Å². The number of aromatic nitrogens is 1. The van der Waals surface area contributed by atoms with E-state index < -0.39 is 11.9 Å². The Morgan fingerprint density at radius 1 is 1.44 bits per heavy atom. The molecule has 0 spiro atoms. The van der Waals surface area contributed by atoms with Crippen molar-refractivity contribution in [3.8, 4) is 0 Å². The molecule has 0 aliphatic carbocycles. The quantitative estimate of drug-likeness (QED) is 0.629. The normalized spacial score (nSPS) is 10.7. The number of halogens is 2. The van der Waals surface area contributed by atoms with Gasteiger partial charge < -0.3 is 5.32 Å². The fourth-order valence-electron chi connectivity index (χ4n) is 1.13. The van der Waals surface area contributed by atoms with Crippen molar-refractivity contribution < 1.29 is 13.6 Å². The van der Waals surface area contributed by atoms with E-state index in [-0.39, 0.29) is 5.91 Å². The third-order valence-corrected chi connectivity index (χ3v) is 1.78. The molecule has 1 N–H and O–H groups in total. The van der Waals surface area contributed by atoms with Gasteiger partial charge in [0.2, 0.25) is 17.8 Å².